The number of alkyl halides is 3. The lowest BCUT2D eigenvalue weighted by Crippen LogP contribution is -2.37. The number of rotatable bonds is 8. The largest absolute Gasteiger partial charge is 0.573 e. The number of carbonyl (C=O) groups is 1. The van der Waals surface area contributed by atoms with Crippen LogP contribution in [0.1, 0.15) is 36.0 Å². The third kappa shape index (κ3) is 7.13. The number of hydrogen-bond donors (Lipinski definition) is 3. The average Bonchev–Trinajstić information content (AvgIpc) is 2.70. The number of ether oxygens (including phenoxy) is 2. The summed E-state index contributed by atoms with van der Waals surface area (Å²) in [5.74, 6) is -0.0614. The Hall–Kier alpha value is -3.36. The summed E-state index contributed by atoms with van der Waals surface area (Å²) in [5.41, 5.74) is 0.808. The first kappa shape index (κ1) is 22.3. The molecular weight excluding hydrogens is 413 g/mol. The molecule has 0 spiro atoms. The molecule has 0 amide bonds. The van der Waals surface area contributed by atoms with Gasteiger partial charge in [0, 0.05) is 11.7 Å². The van der Waals surface area contributed by atoms with Crippen molar-refractivity contribution in [3.8, 4) is 11.5 Å². The summed E-state index contributed by atoms with van der Waals surface area (Å²) in [6, 6.07) is 12.0. The summed E-state index contributed by atoms with van der Waals surface area (Å²) in [4.78, 5) is 10.9. The van der Waals surface area contributed by atoms with Crippen LogP contribution in [0, 0.1) is 0 Å². The minimum absolute atomic E-state index is 0.0520. The number of nitrogens with one attached hydrogen (secondary N) is 2. The lowest BCUT2D eigenvalue weighted by Gasteiger charge is -2.30. The quantitative estimate of drug-likeness (QED) is 0.531. The van der Waals surface area contributed by atoms with E-state index in [9.17, 15) is 18.0 Å². The number of aromatic carboxylic acids is 1. The van der Waals surface area contributed by atoms with E-state index in [1.165, 1.54) is 36.4 Å². The van der Waals surface area contributed by atoms with Crippen LogP contribution in [-0.4, -0.2) is 29.6 Å². The van der Waals surface area contributed by atoms with Crippen molar-refractivity contribution in [1.29, 1.82) is 0 Å². The van der Waals surface area contributed by atoms with E-state index >= 15 is 0 Å². The van der Waals surface area contributed by atoms with E-state index < -0.39 is 12.3 Å². The molecular formula is C22H23F3N2O4. The summed E-state index contributed by atoms with van der Waals surface area (Å²) in [7, 11) is 0. The van der Waals surface area contributed by atoms with E-state index in [-0.39, 0.29) is 23.5 Å². The Kier molecular flexibility index (Phi) is 6.94. The van der Waals surface area contributed by atoms with Crippen molar-refractivity contribution in [2.75, 3.05) is 5.32 Å². The highest BCUT2D eigenvalue weighted by Crippen LogP contribution is 2.26. The van der Waals surface area contributed by atoms with E-state index in [1.54, 1.807) is 12.1 Å². The van der Waals surface area contributed by atoms with Crippen LogP contribution in [-0.2, 0) is 0 Å². The van der Waals surface area contributed by atoms with Gasteiger partial charge in [0.15, 0.2) is 0 Å². The van der Waals surface area contributed by atoms with Gasteiger partial charge in [0.1, 0.15) is 11.5 Å². The average molecular weight is 436 g/mol. The van der Waals surface area contributed by atoms with E-state index in [0.29, 0.717) is 17.3 Å². The minimum Gasteiger partial charge on any atom is -0.490 e. The van der Waals surface area contributed by atoms with Crippen LogP contribution in [0.15, 0.2) is 60.9 Å². The molecule has 1 fully saturated rings. The van der Waals surface area contributed by atoms with E-state index in [1.807, 2.05) is 0 Å². The Morgan fingerprint density at radius 1 is 0.968 bits per heavy atom. The maximum absolute atomic E-state index is 12.2. The first-order valence-corrected chi connectivity index (χ1v) is 9.76. The van der Waals surface area contributed by atoms with Gasteiger partial charge in [0.25, 0.3) is 0 Å². The van der Waals surface area contributed by atoms with Gasteiger partial charge in [-0.2, -0.15) is 0 Å². The molecule has 0 bridgehead atoms. The van der Waals surface area contributed by atoms with Crippen molar-refractivity contribution in [2.24, 2.45) is 0 Å². The van der Waals surface area contributed by atoms with Gasteiger partial charge < -0.3 is 25.2 Å². The van der Waals surface area contributed by atoms with Crippen molar-refractivity contribution < 1.29 is 32.5 Å². The summed E-state index contributed by atoms with van der Waals surface area (Å²) < 4.78 is 46.4. The monoisotopic (exact) mass is 436 g/mol. The molecule has 0 radical (unpaired) electrons. The number of carboxylic acids is 1. The maximum Gasteiger partial charge on any atom is 0.573 e. The summed E-state index contributed by atoms with van der Waals surface area (Å²) in [6.45, 7) is 3.92. The summed E-state index contributed by atoms with van der Waals surface area (Å²) in [5, 5.41) is 15.2. The van der Waals surface area contributed by atoms with Crippen LogP contribution in [0.2, 0.25) is 0 Å². The molecule has 1 aliphatic carbocycles. The molecule has 6 nitrogen and oxygen atoms in total. The Morgan fingerprint density at radius 3 is 2.10 bits per heavy atom. The molecule has 0 saturated heterocycles. The van der Waals surface area contributed by atoms with Crippen molar-refractivity contribution in [1.82, 2.24) is 5.32 Å². The highest BCUT2D eigenvalue weighted by atomic mass is 19.4. The molecule has 0 heterocycles. The smallest absolute Gasteiger partial charge is 0.490 e. The predicted octanol–water partition coefficient (Wildman–Crippen LogP) is 5.15. The zero-order valence-electron chi connectivity index (χ0n) is 16.6. The molecule has 31 heavy (non-hydrogen) atoms. The number of hydrogen-bond acceptors (Lipinski definition) is 5. The molecule has 1 saturated carbocycles. The third-order valence-electron chi connectivity index (χ3n) is 4.84. The molecule has 166 valence electrons. The molecule has 3 N–H and O–H groups in total. The van der Waals surface area contributed by atoms with Crippen LogP contribution < -0.4 is 20.1 Å². The molecule has 2 aromatic carbocycles. The molecule has 3 rings (SSSR count). The topological polar surface area (TPSA) is 79.8 Å². The Morgan fingerprint density at radius 2 is 1.55 bits per heavy atom. The number of benzene rings is 2. The normalized spacial score (nSPS) is 18.7. The van der Waals surface area contributed by atoms with Crippen molar-refractivity contribution in [3.05, 3.63) is 66.5 Å². The fraction of sp³-hybridized carbons (Fsp3) is 0.318. The van der Waals surface area contributed by atoms with Crippen LogP contribution >= 0.6 is 0 Å². The first-order chi connectivity index (χ1) is 14.7. The molecule has 1 aliphatic rings. The van der Waals surface area contributed by atoms with Crippen molar-refractivity contribution in [2.45, 2.75) is 44.2 Å². The van der Waals surface area contributed by atoms with Crippen LogP contribution in [0.3, 0.4) is 0 Å². The van der Waals surface area contributed by atoms with Gasteiger partial charge in [-0.05, 0) is 74.2 Å². The molecule has 9 heteroatoms. The predicted molar refractivity (Wildman–Crippen MR) is 109 cm³/mol. The van der Waals surface area contributed by atoms with Gasteiger partial charge in [0.2, 0.25) is 0 Å². The van der Waals surface area contributed by atoms with Crippen molar-refractivity contribution in [3.63, 3.8) is 0 Å². The lowest BCUT2D eigenvalue weighted by molar-refractivity contribution is -0.274. The Balaban J connectivity index is 1.41. The highest BCUT2D eigenvalue weighted by Gasteiger charge is 2.31. The highest BCUT2D eigenvalue weighted by molar-refractivity contribution is 5.87. The molecule has 0 aliphatic heterocycles. The lowest BCUT2D eigenvalue weighted by atomic mass is 9.93. The molecule has 0 aromatic heterocycles. The Bertz CT molecular complexity index is 890. The van der Waals surface area contributed by atoms with Crippen LogP contribution in [0.4, 0.5) is 18.9 Å². The molecule has 2 aromatic rings. The van der Waals surface area contributed by atoms with Gasteiger partial charge in [-0.3, -0.25) is 0 Å². The minimum atomic E-state index is -4.72. The van der Waals surface area contributed by atoms with Gasteiger partial charge >= 0.3 is 12.3 Å². The zero-order valence-corrected chi connectivity index (χ0v) is 16.6. The summed E-state index contributed by atoms with van der Waals surface area (Å²) in [6.07, 6.45) is -1.29. The molecule has 0 atom stereocenters. The van der Waals surface area contributed by atoms with Gasteiger partial charge in [-0.15, -0.1) is 13.2 Å². The number of halogens is 3. The van der Waals surface area contributed by atoms with Gasteiger partial charge in [-0.25, -0.2) is 4.79 Å². The van der Waals surface area contributed by atoms with Gasteiger partial charge in [0.05, 0.1) is 17.5 Å². The van der Waals surface area contributed by atoms with E-state index in [0.717, 1.165) is 25.7 Å². The standard InChI is InChI=1S/C22H23F3N2O4/c1-14(27-17-6-12-20(13-7-17)31-22(23,24)25)26-16-4-10-19(11-5-16)30-18-8-2-15(3-9-18)21(28)29/h2-3,6-9,12-13,16,19,26-27H,1,4-5,10-11H2,(H,28,29)/t16-,19-. The fourth-order valence-corrected chi connectivity index (χ4v) is 3.39. The number of anilines is 1. The van der Waals surface area contributed by atoms with Crippen molar-refractivity contribution >= 4 is 11.7 Å². The second-order valence-corrected chi connectivity index (χ2v) is 7.24. The maximum atomic E-state index is 12.2. The first-order valence-electron chi connectivity index (χ1n) is 9.76. The third-order valence-corrected chi connectivity index (χ3v) is 4.84. The summed E-state index contributed by atoms with van der Waals surface area (Å²) >= 11 is 0. The van der Waals surface area contributed by atoms with E-state index in [2.05, 4.69) is 21.9 Å². The fourth-order valence-electron chi connectivity index (χ4n) is 3.39. The van der Waals surface area contributed by atoms with E-state index in [4.69, 9.17) is 9.84 Å². The number of carboxylic acid groups (broad SMARTS) is 1. The van der Waals surface area contributed by atoms with Crippen LogP contribution in [0.5, 0.6) is 11.5 Å². The van der Waals surface area contributed by atoms with Crippen LogP contribution in [0.25, 0.3) is 0 Å². The molecule has 0 unspecified atom stereocenters. The SMILES string of the molecule is C=C(Nc1ccc(OC(F)(F)F)cc1)N[C@H]1CC[C@H](Oc2ccc(C(=O)O)cc2)CC1. The second kappa shape index (κ2) is 9.63. The zero-order chi connectivity index (χ0) is 22.4. The Labute approximate surface area is 177 Å². The second-order valence-electron chi connectivity index (χ2n) is 7.24. The van der Waals surface area contributed by atoms with Gasteiger partial charge in [-0.1, -0.05) is 6.58 Å².